The van der Waals surface area contributed by atoms with Crippen LogP contribution in [0.25, 0.3) is 0 Å². The summed E-state index contributed by atoms with van der Waals surface area (Å²) in [5.41, 5.74) is 3.07. The zero-order chi connectivity index (χ0) is 14.1. The minimum atomic E-state index is 0.217. The predicted molar refractivity (Wildman–Crippen MR) is 82.1 cm³/mol. The number of nitrogens with zero attached hydrogens (tertiary/aromatic N) is 1. The first-order chi connectivity index (χ1) is 9.67. The van der Waals surface area contributed by atoms with Crippen molar-refractivity contribution in [1.82, 2.24) is 4.90 Å². The summed E-state index contributed by atoms with van der Waals surface area (Å²) in [6.07, 6.45) is 5.19. The average molecular weight is 272 g/mol. The van der Waals surface area contributed by atoms with E-state index in [1.54, 1.807) is 0 Å². The Bertz CT molecular complexity index is 490. The summed E-state index contributed by atoms with van der Waals surface area (Å²) < 4.78 is 0. The third-order valence-electron chi connectivity index (χ3n) is 4.38. The van der Waals surface area contributed by atoms with Gasteiger partial charge in [-0.3, -0.25) is 4.79 Å². The van der Waals surface area contributed by atoms with E-state index >= 15 is 0 Å². The molecule has 0 saturated heterocycles. The van der Waals surface area contributed by atoms with E-state index < -0.39 is 0 Å². The molecule has 0 heterocycles. The molecule has 0 unspecified atom stereocenters. The van der Waals surface area contributed by atoms with Crippen LogP contribution in [0.3, 0.4) is 0 Å². The number of hydrogen-bond donors (Lipinski definition) is 1. The van der Waals surface area contributed by atoms with Crippen LogP contribution in [0.15, 0.2) is 18.2 Å². The van der Waals surface area contributed by atoms with E-state index in [2.05, 4.69) is 17.1 Å². The van der Waals surface area contributed by atoms with Gasteiger partial charge in [-0.15, -0.1) is 0 Å². The first-order valence-electron chi connectivity index (χ1n) is 7.75. The van der Waals surface area contributed by atoms with Crippen LogP contribution in [0.5, 0.6) is 0 Å². The van der Waals surface area contributed by atoms with Crippen molar-refractivity contribution in [2.75, 3.05) is 25.5 Å². The second-order valence-corrected chi connectivity index (χ2v) is 6.38. The third-order valence-corrected chi connectivity index (χ3v) is 4.38. The van der Waals surface area contributed by atoms with Crippen LogP contribution in [-0.4, -0.2) is 30.9 Å². The maximum atomic E-state index is 12.7. The van der Waals surface area contributed by atoms with Crippen molar-refractivity contribution in [2.45, 2.75) is 32.6 Å². The predicted octanol–water partition coefficient (Wildman–Crippen LogP) is 3.30. The van der Waals surface area contributed by atoms with Gasteiger partial charge in [-0.05, 0) is 68.2 Å². The molecule has 0 aliphatic heterocycles. The van der Waals surface area contributed by atoms with Gasteiger partial charge in [0.2, 0.25) is 0 Å². The lowest BCUT2D eigenvalue weighted by Crippen LogP contribution is -2.34. The van der Waals surface area contributed by atoms with E-state index in [9.17, 15) is 4.79 Å². The molecule has 108 valence electrons. The molecule has 0 atom stereocenters. The van der Waals surface area contributed by atoms with Crippen molar-refractivity contribution >= 4 is 11.6 Å². The largest absolute Gasteiger partial charge is 0.388 e. The maximum Gasteiger partial charge on any atom is 0.253 e. The highest BCUT2D eigenvalue weighted by Crippen LogP contribution is 2.34. The number of rotatable bonds is 6. The van der Waals surface area contributed by atoms with Crippen molar-refractivity contribution in [3.8, 4) is 0 Å². The molecule has 20 heavy (non-hydrogen) atoms. The van der Waals surface area contributed by atoms with Crippen LogP contribution in [0.2, 0.25) is 0 Å². The molecule has 0 bridgehead atoms. The quantitative estimate of drug-likeness (QED) is 0.861. The SMILES string of the molecule is CNc1ccc(C(=O)N(CC2CC2)CC2CC2)cc1C. The number of benzene rings is 1. The van der Waals surface area contributed by atoms with Gasteiger partial charge >= 0.3 is 0 Å². The molecule has 3 heteroatoms. The lowest BCUT2D eigenvalue weighted by molar-refractivity contribution is 0.0739. The molecule has 2 aliphatic rings. The Balaban J connectivity index is 1.74. The van der Waals surface area contributed by atoms with Gasteiger partial charge in [0.05, 0.1) is 0 Å². The molecule has 0 spiro atoms. The van der Waals surface area contributed by atoms with Gasteiger partial charge in [0.15, 0.2) is 0 Å². The summed E-state index contributed by atoms with van der Waals surface area (Å²) in [4.78, 5) is 14.8. The molecule has 0 aromatic heterocycles. The molecule has 1 N–H and O–H groups in total. The number of carbonyl (C=O) groups excluding carboxylic acids is 1. The number of hydrogen-bond acceptors (Lipinski definition) is 2. The lowest BCUT2D eigenvalue weighted by Gasteiger charge is -2.23. The second-order valence-electron chi connectivity index (χ2n) is 6.38. The van der Waals surface area contributed by atoms with Gasteiger partial charge in [-0.1, -0.05) is 0 Å². The summed E-state index contributed by atoms with van der Waals surface area (Å²) in [6, 6.07) is 5.98. The summed E-state index contributed by atoms with van der Waals surface area (Å²) in [5.74, 6) is 1.74. The van der Waals surface area contributed by atoms with Gasteiger partial charge in [0.25, 0.3) is 5.91 Å². The van der Waals surface area contributed by atoms with Gasteiger partial charge in [-0.25, -0.2) is 0 Å². The maximum absolute atomic E-state index is 12.7. The molecular weight excluding hydrogens is 248 g/mol. The van der Waals surface area contributed by atoms with Gasteiger partial charge in [0, 0.05) is 31.4 Å². The number of carbonyl (C=O) groups is 1. The lowest BCUT2D eigenvalue weighted by atomic mass is 10.1. The monoisotopic (exact) mass is 272 g/mol. The van der Waals surface area contributed by atoms with Crippen molar-refractivity contribution in [3.63, 3.8) is 0 Å². The first-order valence-corrected chi connectivity index (χ1v) is 7.75. The van der Waals surface area contributed by atoms with Crippen LogP contribution in [0, 0.1) is 18.8 Å². The van der Waals surface area contributed by atoms with Gasteiger partial charge in [-0.2, -0.15) is 0 Å². The average Bonchev–Trinajstić information content (AvgIpc) is 3.32. The Labute approximate surface area is 121 Å². The summed E-state index contributed by atoms with van der Waals surface area (Å²) in [5, 5.41) is 3.15. The number of amides is 1. The molecule has 1 aromatic rings. The first kappa shape index (κ1) is 13.5. The van der Waals surface area contributed by atoms with Crippen molar-refractivity contribution < 1.29 is 4.79 Å². The van der Waals surface area contributed by atoms with E-state index in [1.807, 2.05) is 25.2 Å². The second kappa shape index (κ2) is 5.47. The summed E-state index contributed by atoms with van der Waals surface area (Å²) in [6.45, 7) is 3.97. The molecule has 0 radical (unpaired) electrons. The van der Waals surface area contributed by atoms with Crippen LogP contribution < -0.4 is 5.32 Å². The van der Waals surface area contributed by atoms with Crippen molar-refractivity contribution in [1.29, 1.82) is 0 Å². The van der Waals surface area contributed by atoms with E-state index in [0.717, 1.165) is 41.7 Å². The highest BCUT2D eigenvalue weighted by atomic mass is 16.2. The fourth-order valence-electron chi connectivity index (χ4n) is 2.72. The summed E-state index contributed by atoms with van der Waals surface area (Å²) in [7, 11) is 1.91. The summed E-state index contributed by atoms with van der Waals surface area (Å²) >= 11 is 0. The fourth-order valence-corrected chi connectivity index (χ4v) is 2.72. The molecule has 3 nitrogen and oxygen atoms in total. The Morgan fingerprint density at radius 2 is 1.80 bits per heavy atom. The fraction of sp³-hybridized carbons (Fsp3) is 0.588. The standard InChI is InChI=1S/C17H24N2O/c1-12-9-15(7-8-16(12)18-2)17(20)19(10-13-3-4-13)11-14-5-6-14/h7-9,13-14,18H,3-6,10-11H2,1-2H3. The zero-order valence-electron chi connectivity index (χ0n) is 12.5. The van der Waals surface area contributed by atoms with E-state index in [-0.39, 0.29) is 5.91 Å². The highest BCUT2D eigenvalue weighted by molar-refractivity contribution is 5.95. The number of anilines is 1. The van der Waals surface area contributed by atoms with E-state index in [0.29, 0.717) is 0 Å². The smallest absolute Gasteiger partial charge is 0.253 e. The number of nitrogens with one attached hydrogen (secondary N) is 1. The Morgan fingerprint density at radius 1 is 1.20 bits per heavy atom. The third kappa shape index (κ3) is 3.14. The Kier molecular flexibility index (Phi) is 3.68. The van der Waals surface area contributed by atoms with Crippen LogP contribution in [0.1, 0.15) is 41.6 Å². The highest BCUT2D eigenvalue weighted by Gasteiger charge is 2.31. The zero-order valence-corrected chi connectivity index (χ0v) is 12.5. The van der Waals surface area contributed by atoms with E-state index in [1.165, 1.54) is 25.7 Å². The van der Waals surface area contributed by atoms with Crippen molar-refractivity contribution in [3.05, 3.63) is 29.3 Å². The minimum Gasteiger partial charge on any atom is -0.388 e. The topological polar surface area (TPSA) is 32.3 Å². The normalized spacial score (nSPS) is 17.9. The van der Waals surface area contributed by atoms with Crippen LogP contribution in [-0.2, 0) is 0 Å². The van der Waals surface area contributed by atoms with Gasteiger partial charge < -0.3 is 10.2 Å². The molecule has 3 rings (SSSR count). The van der Waals surface area contributed by atoms with Crippen LogP contribution in [0.4, 0.5) is 5.69 Å². The van der Waals surface area contributed by atoms with E-state index in [4.69, 9.17) is 0 Å². The number of aryl methyl sites for hydroxylation is 1. The Hall–Kier alpha value is -1.51. The Morgan fingerprint density at radius 3 is 2.25 bits per heavy atom. The van der Waals surface area contributed by atoms with Crippen molar-refractivity contribution in [2.24, 2.45) is 11.8 Å². The van der Waals surface area contributed by atoms with Crippen LogP contribution >= 0.6 is 0 Å². The molecule has 1 amide bonds. The molecule has 2 aliphatic carbocycles. The van der Waals surface area contributed by atoms with Gasteiger partial charge in [0.1, 0.15) is 0 Å². The molecule has 2 saturated carbocycles. The molecular formula is C17H24N2O. The molecule has 2 fully saturated rings. The minimum absolute atomic E-state index is 0.217. The molecule has 1 aromatic carbocycles.